The second kappa shape index (κ2) is 12.6. The molecule has 0 aliphatic heterocycles. The molecule has 0 atom stereocenters. The topological polar surface area (TPSA) is 21.3 Å². The second-order valence-corrected chi connectivity index (χ2v) is 14.1. The van der Waals surface area contributed by atoms with E-state index in [0.29, 0.717) is 0 Å². The first-order chi connectivity index (χ1) is 27.3. The van der Waals surface area contributed by atoms with Gasteiger partial charge >= 0.3 is 0 Å². The van der Waals surface area contributed by atoms with Crippen molar-refractivity contribution in [3.63, 3.8) is 0 Å². The monoisotopic (exact) mass is 702 g/mol. The van der Waals surface area contributed by atoms with Crippen molar-refractivity contribution in [1.29, 1.82) is 0 Å². The fourth-order valence-corrected chi connectivity index (χ4v) is 8.43. The third kappa shape index (κ3) is 5.13. The lowest BCUT2D eigenvalue weighted by atomic mass is 9.98. The van der Waals surface area contributed by atoms with E-state index in [1.165, 1.54) is 43.7 Å². The largest absolute Gasteiger partial charge is 0.455 e. The molecule has 0 fully saturated rings. The summed E-state index contributed by atoms with van der Waals surface area (Å²) < 4.78 is 8.78. The van der Waals surface area contributed by atoms with Gasteiger partial charge in [-0.2, -0.15) is 0 Å². The molecule has 0 saturated heterocycles. The first-order valence-electron chi connectivity index (χ1n) is 18.8. The highest BCUT2D eigenvalue weighted by Gasteiger charge is 2.17. The van der Waals surface area contributed by atoms with Crippen molar-refractivity contribution in [3.05, 3.63) is 206 Å². The van der Waals surface area contributed by atoms with Gasteiger partial charge in [-0.05, 0) is 94.2 Å². The minimum atomic E-state index is 0.907. The van der Waals surface area contributed by atoms with Gasteiger partial charge in [-0.3, -0.25) is 0 Å². The Labute approximate surface area is 318 Å². The first-order valence-corrected chi connectivity index (χ1v) is 18.8. The van der Waals surface area contributed by atoms with Crippen LogP contribution in [0.25, 0.3) is 82.5 Å². The molecule has 0 amide bonds. The number of hydrogen-bond acceptors (Lipinski definition) is 2. The highest BCUT2D eigenvalue weighted by Crippen LogP contribution is 2.41. The van der Waals surface area contributed by atoms with Crippen molar-refractivity contribution < 1.29 is 4.42 Å². The van der Waals surface area contributed by atoms with Crippen LogP contribution in [0, 0.1) is 0 Å². The van der Waals surface area contributed by atoms with Crippen LogP contribution in [0.4, 0.5) is 17.1 Å². The zero-order valence-electron chi connectivity index (χ0n) is 29.9. The van der Waals surface area contributed by atoms with E-state index >= 15 is 0 Å². The Balaban J connectivity index is 1.02. The van der Waals surface area contributed by atoms with Gasteiger partial charge in [0.1, 0.15) is 11.2 Å². The number of benzene rings is 9. The molecule has 3 nitrogen and oxygen atoms in total. The van der Waals surface area contributed by atoms with Crippen LogP contribution in [0.1, 0.15) is 0 Å². The summed E-state index contributed by atoms with van der Waals surface area (Å²) in [5.74, 6) is 0. The van der Waals surface area contributed by atoms with Crippen LogP contribution < -0.4 is 4.90 Å². The summed E-state index contributed by atoms with van der Waals surface area (Å²) in [6, 6.07) is 73.9. The molecule has 0 spiro atoms. The lowest BCUT2D eigenvalue weighted by Gasteiger charge is -2.26. The van der Waals surface area contributed by atoms with E-state index in [0.717, 1.165) is 55.8 Å². The number of rotatable bonds is 6. The van der Waals surface area contributed by atoms with Gasteiger partial charge in [-0.15, -0.1) is 0 Å². The summed E-state index contributed by atoms with van der Waals surface area (Å²) in [6.07, 6.45) is 0. The third-order valence-electron chi connectivity index (χ3n) is 11.0. The Morgan fingerprint density at radius 1 is 0.345 bits per heavy atom. The van der Waals surface area contributed by atoms with Crippen LogP contribution in [0.15, 0.2) is 211 Å². The molecule has 11 aromatic rings. The van der Waals surface area contributed by atoms with Crippen molar-refractivity contribution in [1.82, 2.24) is 4.57 Å². The van der Waals surface area contributed by atoms with Crippen LogP contribution >= 0.6 is 0 Å². The van der Waals surface area contributed by atoms with Gasteiger partial charge in [-0.25, -0.2) is 0 Å². The molecule has 2 aromatic heterocycles. The summed E-state index contributed by atoms with van der Waals surface area (Å²) >= 11 is 0. The van der Waals surface area contributed by atoms with Crippen molar-refractivity contribution >= 4 is 71.6 Å². The predicted octanol–water partition coefficient (Wildman–Crippen LogP) is 14.6. The quantitative estimate of drug-likeness (QED) is 0.172. The van der Waals surface area contributed by atoms with Crippen LogP contribution in [0.3, 0.4) is 0 Å². The van der Waals surface area contributed by atoms with Crippen LogP contribution in [0.5, 0.6) is 0 Å². The fraction of sp³-hybridized carbons (Fsp3) is 0. The Hall–Kier alpha value is -7.36. The minimum absolute atomic E-state index is 0.907. The third-order valence-corrected chi connectivity index (χ3v) is 11.0. The van der Waals surface area contributed by atoms with Crippen molar-refractivity contribution in [2.45, 2.75) is 0 Å². The minimum Gasteiger partial charge on any atom is -0.455 e. The lowest BCUT2D eigenvalue weighted by Crippen LogP contribution is -2.10. The number of hydrogen-bond donors (Lipinski definition) is 0. The Kier molecular flexibility index (Phi) is 7.17. The summed E-state index contributed by atoms with van der Waals surface area (Å²) in [5.41, 5.74) is 13.2. The molecule has 3 heteroatoms. The molecule has 0 unspecified atom stereocenters. The van der Waals surface area contributed by atoms with Gasteiger partial charge in [0.05, 0.1) is 11.0 Å². The first kappa shape index (κ1) is 31.2. The number of anilines is 3. The molecular weight excluding hydrogens is 669 g/mol. The molecule has 0 aliphatic carbocycles. The molecule has 0 saturated carbocycles. The molecule has 9 aromatic carbocycles. The van der Waals surface area contributed by atoms with Gasteiger partial charge in [0.2, 0.25) is 0 Å². The number of nitrogens with zero attached hydrogens (tertiary/aromatic N) is 2. The molecule has 0 N–H and O–H groups in total. The number of para-hydroxylation sites is 4. The van der Waals surface area contributed by atoms with E-state index in [2.05, 4.69) is 204 Å². The maximum absolute atomic E-state index is 6.41. The SMILES string of the molecule is c1ccc2c(-c3ccc(N(c4ccc(-c5cccc6c5oc5ccccc56)cc4)c4ccc(-n5c6ccccc6c6ccccc65)cc4)cc3)cccc2c1. The summed E-state index contributed by atoms with van der Waals surface area (Å²) in [5, 5.41) is 7.28. The van der Waals surface area contributed by atoms with Crippen molar-refractivity contribution in [2.75, 3.05) is 4.90 Å². The van der Waals surface area contributed by atoms with Crippen LogP contribution in [0.2, 0.25) is 0 Å². The van der Waals surface area contributed by atoms with Gasteiger partial charge in [0.25, 0.3) is 0 Å². The zero-order valence-corrected chi connectivity index (χ0v) is 29.9. The Morgan fingerprint density at radius 2 is 0.818 bits per heavy atom. The molecule has 0 bridgehead atoms. The average molecular weight is 703 g/mol. The number of fused-ring (bicyclic) bond motifs is 7. The molecule has 2 heterocycles. The van der Waals surface area contributed by atoms with Gasteiger partial charge < -0.3 is 13.9 Å². The van der Waals surface area contributed by atoms with Gasteiger partial charge in [0, 0.05) is 49.9 Å². The van der Waals surface area contributed by atoms with E-state index < -0.39 is 0 Å². The van der Waals surface area contributed by atoms with E-state index in [1.807, 2.05) is 12.1 Å². The average Bonchev–Trinajstić information content (AvgIpc) is 3.81. The van der Waals surface area contributed by atoms with Crippen molar-refractivity contribution in [2.24, 2.45) is 0 Å². The van der Waals surface area contributed by atoms with Crippen molar-refractivity contribution in [3.8, 4) is 27.9 Å². The van der Waals surface area contributed by atoms with Crippen LogP contribution in [-0.2, 0) is 0 Å². The standard InChI is InChI=1S/C52H34N2O/c1-2-13-42-35(11-1)12-9-17-43(42)36-23-27-38(28-24-36)53(39-29-25-37(26-30-39)44-18-10-19-48-47-16-5-8-22-51(47)55-52(44)48)40-31-33-41(34-32-40)54-49-20-6-3-14-45(49)46-15-4-7-21-50(46)54/h1-34H. The van der Waals surface area contributed by atoms with E-state index in [1.54, 1.807) is 0 Å². The smallest absolute Gasteiger partial charge is 0.143 e. The molecule has 258 valence electrons. The molecular formula is C52H34N2O. The van der Waals surface area contributed by atoms with E-state index in [-0.39, 0.29) is 0 Å². The van der Waals surface area contributed by atoms with Gasteiger partial charge in [0.15, 0.2) is 0 Å². The van der Waals surface area contributed by atoms with Crippen LogP contribution in [-0.4, -0.2) is 4.57 Å². The predicted molar refractivity (Wildman–Crippen MR) is 231 cm³/mol. The fourth-order valence-electron chi connectivity index (χ4n) is 8.43. The summed E-state index contributed by atoms with van der Waals surface area (Å²) in [7, 11) is 0. The summed E-state index contributed by atoms with van der Waals surface area (Å²) in [4.78, 5) is 2.34. The van der Waals surface area contributed by atoms with E-state index in [9.17, 15) is 0 Å². The molecule has 11 rings (SSSR count). The second-order valence-electron chi connectivity index (χ2n) is 14.1. The molecule has 0 radical (unpaired) electrons. The lowest BCUT2D eigenvalue weighted by molar-refractivity contribution is 0.670. The van der Waals surface area contributed by atoms with Gasteiger partial charge in [-0.1, -0.05) is 140 Å². The maximum atomic E-state index is 6.41. The maximum Gasteiger partial charge on any atom is 0.143 e. The zero-order chi connectivity index (χ0) is 36.3. The Bertz CT molecular complexity index is 3130. The van der Waals surface area contributed by atoms with E-state index in [4.69, 9.17) is 4.42 Å². The summed E-state index contributed by atoms with van der Waals surface area (Å²) in [6.45, 7) is 0. The Morgan fingerprint density at radius 3 is 1.49 bits per heavy atom. The molecule has 55 heavy (non-hydrogen) atoms. The highest BCUT2D eigenvalue weighted by atomic mass is 16.3. The number of aromatic nitrogens is 1. The molecule has 0 aliphatic rings. The highest BCUT2D eigenvalue weighted by molar-refractivity contribution is 6.10. The normalized spacial score (nSPS) is 11.6. The number of furan rings is 1.